The average Bonchev–Trinajstić information content (AvgIpc) is 2.50. The third-order valence-corrected chi connectivity index (χ3v) is 3.13. The van der Waals surface area contributed by atoms with Gasteiger partial charge in [-0.3, -0.25) is 0 Å². The maximum Gasteiger partial charge on any atom is 0.160 e. The Balaban J connectivity index is 2.57. The van der Waals surface area contributed by atoms with Crippen LogP contribution in [0.25, 0.3) is 0 Å². The second-order valence-electron chi connectivity index (χ2n) is 4.38. The van der Waals surface area contributed by atoms with E-state index in [-0.39, 0.29) is 11.9 Å². The van der Waals surface area contributed by atoms with Crippen LogP contribution in [0.2, 0.25) is 0 Å². The predicted octanol–water partition coefficient (Wildman–Crippen LogP) is 1.36. The highest BCUT2D eigenvalue weighted by molar-refractivity contribution is 5.85. The molecule has 112 valence electrons. The van der Waals surface area contributed by atoms with Crippen LogP contribution in [0.1, 0.15) is 18.9 Å². The van der Waals surface area contributed by atoms with E-state index in [2.05, 4.69) is 10.5 Å². The van der Waals surface area contributed by atoms with E-state index >= 15 is 0 Å². The van der Waals surface area contributed by atoms with Crippen molar-refractivity contribution in [3.8, 4) is 11.5 Å². The minimum Gasteiger partial charge on any atom is -0.493 e. The number of ether oxygens (including phenoxy) is 2. The summed E-state index contributed by atoms with van der Waals surface area (Å²) in [7, 11) is 3.23. The highest BCUT2D eigenvalue weighted by Gasteiger charge is 2.10. The molecule has 1 rings (SSSR count). The molecule has 0 aromatic heterocycles. The number of nitrogens with two attached hydrogens (primary N) is 1. The number of oxime groups is 1. The quantitative estimate of drug-likeness (QED) is 0.290. The third-order valence-electron chi connectivity index (χ3n) is 3.13. The van der Waals surface area contributed by atoms with Crippen LogP contribution in [0.4, 0.5) is 0 Å². The monoisotopic (exact) mass is 281 g/mol. The van der Waals surface area contributed by atoms with Crippen molar-refractivity contribution in [3.63, 3.8) is 0 Å². The van der Waals surface area contributed by atoms with Crippen molar-refractivity contribution >= 4 is 5.84 Å². The lowest BCUT2D eigenvalue weighted by atomic mass is 10.1. The topological polar surface area (TPSA) is 89.1 Å². The van der Waals surface area contributed by atoms with Crippen molar-refractivity contribution in [2.24, 2.45) is 10.9 Å². The van der Waals surface area contributed by atoms with Crippen LogP contribution < -0.4 is 20.5 Å². The van der Waals surface area contributed by atoms with Crippen LogP contribution in [0.5, 0.6) is 11.5 Å². The highest BCUT2D eigenvalue weighted by Crippen LogP contribution is 2.27. The molecule has 0 aliphatic heterocycles. The molecule has 6 heteroatoms. The van der Waals surface area contributed by atoms with Gasteiger partial charge in [0, 0.05) is 0 Å². The van der Waals surface area contributed by atoms with E-state index in [1.807, 2.05) is 25.1 Å². The van der Waals surface area contributed by atoms with Gasteiger partial charge >= 0.3 is 0 Å². The second kappa shape index (κ2) is 8.27. The smallest absolute Gasteiger partial charge is 0.160 e. The Morgan fingerprint density at radius 1 is 1.35 bits per heavy atom. The van der Waals surface area contributed by atoms with E-state index in [0.29, 0.717) is 11.5 Å². The van der Waals surface area contributed by atoms with Gasteiger partial charge in [0.05, 0.1) is 20.3 Å². The Kier molecular flexibility index (Phi) is 6.66. The van der Waals surface area contributed by atoms with Gasteiger partial charge in [-0.25, -0.2) is 0 Å². The molecular formula is C14H23N3O3. The molecule has 0 aliphatic rings. The first-order valence-electron chi connectivity index (χ1n) is 6.57. The minimum absolute atomic E-state index is 0.111. The van der Waals surface area contributed by atoms with Gasteiger partial charge in [0.1, 0.15) is 0 Å². The van der Waals surface area contributed by atoms with E-state index in [1.165, 1.54) is 0 Å². The maximum absolute atomic E-state index is 8.67. The van der Waals surface area contributed by atoms with Gasteiger partial charge < -0.3 is 25.7 Å². The van der Waals surface area contributed by atoms with Crippen molar-refractivity contribution in [1.82, 2.24) is 5.32 Å². The van der Waals surface area contributed by atoms with Crippen LogP contribution in [-0.2, 0) is 6.42 Å². The van der Waals surface area contributed by atoms with E-state index in [9.17, 15) is 0 Å². The van der Waals surface area contributed by atoms with Gasteiger partial charge in [-0.1, -0.05) is 18.1 Å². The summed E-state index contributed by atoms with van der Waals surface area (Å²) < 4.78 is 10.5. The molecule has 1 atom stereocenters. The normalized spacial score (nSPS) is 13.1. The molecule has 1 unspecified atom stereocenters. The van der Waals surface area contributed by atoms with Crippen LogP contribution in [0.3, 0.4) is 0 Å². The van der Waals surface area contributed by atoms with Crippen LogP contribution in [0, 0.1) is 0 Å². The molecular weight excluding hydrogens is 258 g/mol. The van der Waals surface area contributed by atoms with E-state index in [1.54, 1.807) is 14.2 Å². The van der Waals surface area contributed by atoms with Gasteiger partial charge in [-0.15, -0.1) is 0 Å². The molecule has 4 N–H and O–H groups in total. The Labute approximate surface area is 119 Å². The standard InChI is InChI=1S/C14H23N3O3/c1-4-11(14(15)17-18)16-8-7-10-5-6-12(19-2)13(9-10)20-3/h5-6,9,11,16,18H,4,7-8H2,1-3H3,(H2,15,17). The van der Waals surface area contributed by atoms with Crippen molar-refractivity contribution in [2.75, 3.05) is 20.8 Å². The first kappa shape index (κ1) is 16.1. The zero-order chi connectivity index (χ0) is 15.0. The molecule has 1 aromatic carbocycles. The Hall–Kier alpha value is -1.95. The molecule has 0 amide bonds. The fraction of sp³-hybridized carbons (Fsp3) is 0.500. The summed E-state index contributed by atoms with van der Waals surface area (Å²) in [5.74, 6) is 1.64. The van der Waals surface area contributed by atoms with Gasteiger partial charge in [0.2, 0.25) is 0 Å². The third kappa shape index (κ3) is 4.31. The van der Waals surface area contributed by atoms with Crippen molar-refractivity contribution in [1.29, 1.82) is 0 Å². The van der Waals surface area contributed by atoms with Gasteiger partial charge in [0.15, 0.2) is 17.3 Å². The number of amidine groups is 1. The lowest BCUT2D eigenvalue weighted by Crippen LogP contribution is -2.41. The number of nitrogens with zero attached hydrogens (tertiary/aromatic N) is 1. The number of benzene rings is 1. The number of rotatable bonds is 8. The zero-order valence-corrected chi connectivity index (χ0v) is 12.2. The molecule has 6 nitrogen and oxygen atoms in total. The fourth-order valence-electron chi connectivity index (χ4n) is 1.95. The van der Waals surface area contributed by atoms with E-state index in [4.69, 9.17) is 20.4 Å². The SMILES string of the molecule is CCC(NCCc1ccc(OC)c(OC)c1)C(N)=NO. The molecule has 0 spiro atoms. The summed E-state index contributed by atoms with van der Waals surface area (Å²) in [6.45, 7) is 2.70. The van der Waals surface area contributed by atoms with Crippen molar-refractivity contribution in [3.05, 3.63) is 23.8 Å². The highest BCUT2D eigenvalue weighted by atomic mass is 16.5. The Morgan fingerprint density at radius 2 is 2.05 bits per heavy atom. The summed E-state index contributed by atoms with van der Waals surface area (Å²) >= 11 is 0. The largest absolute Gasteiger partial charge is 0.493 e. The number of hydrogen-bond acceptors (Lipinski definition) is 5. The number of nitrogens with one attached hydrogen (secondary N) is 1. The maximum atomic E-state index is 8.67. The fourth-order valence-corrected chi connectivity index (χ4v) is 1.95. The Bertz CT molecular complexity index is 449. The summed E-state index contributed by atoms with van der Waals surface area (Å²) in [6.07, 6.45) is 1.58. The van der Waals surface area contributed by atoms with Gasteiger partial charge in [-0.05, 0) is 37.1 Å². The Morgan fingerprint density at radius 3 is 2.60 bits per heavy atom. The average molecular weight is 281 g/mol. The number of hydrogen-bond donors (Lipinski definition) is 3. The molecule has 0 aliphatic carbocycles. The van der Waals surface area contributed by atoms with Gasteiger partial charge in [0.25, 0.3) is 0 Å². The number of methoxy groups -OCH3 is 2. The van der Waals surface area contributed by atoms with Crippen molar-refractivity contribution < 1.29 is 14.7 Å². The first-order valence-corrected chi connectivity index (χ1v) is 6.57. The summed E-state index contributed by atoms with van der Waals surface area (Å²) in [4.78, 5) is 0. The van der Waals surface area contributed by atoms with Crippen LogP contribution >= 0.6 is 0 Å². The van der Waals surface area contributed by atoms with Crippen molar-refractivity contribution in [2.45, 2.75) is 25.8 Å². The molecule has 0 saturated heterocycles. The molecule has 0 radical (unpaired) electrons. The summed E-state index contributed by atoms with van der Waals surface area (Å²) in [5.41, 5.74) is 6.72. The predicted molar refractivity (Wildman–Crippen MR) is 78.7 cm³/mol. The lowest BCUT2D eigenvalue weighted by Gasteiger charge is -2.15. The van der Waals surface area contributed by atoms with Crippen LogP contribution in [0.15, 0.2) is 23.4 Å². The summed E-state index contributed by atoms with van der Waals surface area (Å²) in [6, 6.07) is 5.72. The molecule has 20 heavy (non-hydrogen) atoms. The second-order valence-corrected chi connectivity index (χ2v) is 4.38. The van der Waals surface area contributed by atoms with Crippen LogP contribution in [-0.4, -0.2) is 37.8 Å². The molecule has 0 heterocycles. The van der Waals surface area contributed by atoms with E-state index < -0.39 is 0 Å². The minimum atomic E-state index is -0.111. The molecule has 0 fully saturated rings. The first-order chi connectivity index (χ1) is 9.65. The zero-order valence-electron chi connectivity index (χ0n) is 12.2. The lowest BCUT2D eigenvalue weighted by molar-refractivity contribution is 0.314. The van der Waals surface area contributed by atoms with Gasteiger partial charge in [-0.2, -0.15) is 0 Å². The summed E-state index contributed by atoms with van der Waals surface area (Å²) in [5, 5.41) is 14.9. The van der Waals surface area contributed by atoms with E-state index in [0.717, 1.165) is 24.9 Å². The molecule has 1 aromatic rings. The molecule has 0 saturated carbocycles. The molecule has 0 bridgehead atoms.